The van der Waals surface area contributed by atoms with E-state index >= 15 is 0 Å². The molecule has 0 radical (unpaired) electrons. The average Bonchev–Trinajstić information content (AvgIpc) is 3.06. The van der Waals surface area contributed by atoms with Crippen LogP contribution < -0.4 is 5.73 Å². The number of allylic oxidation sites excluding steroid dienone is 3. The maximum Gasteiger partial charge on any atom is 0.113 e. The molecule has 2 aliphatic rings. The molecule has 5 atom stereocenters. The number of nitrogens with two attached hydrogens (primary N) is 1. The zero-order valence-corrected chi connectivity index (χ0v) is 13.8. The first-order valence-corrected chi connectivity index (χ1v) is 8.33. The highest BCUT2D eigenvalue weighted by atomic mass is 16.6. The summed E-state index contributed by atoms with van der Waals surface area (Å²) in [5, 5.41) is 19.9. The molecule has 1 saturated heterocycles. The molecule has 6 nitrogen and oxygen atoms in total. The van der Waals surface area contributed by atoms with Gasteiger partial charge in [0.2, 0.25) is 0 Å². The van der Waals surface area contributed by atoms with Crippen LogP contribution in [0.2, 0.25) is 0 Å². The average molecular weight is 327 g/mol. The second kappa shape index (κ2) is 9.52. The molecule has 132 valence electrons. The van der Waals surface area contributed by atoms with Gasteiger partial charge < -0.3 is 30.2 Å². The third-order valence-electron chi connectivity index (χ3n) is 4.53. The van der Waals surface area contributed by atoms with Crippen LogP contribution in [0.1, 0.15) is 25.7 Å². The van der Waals surface area contributed by atoms with E-state index in [-0.39, 0.29) is 18.8 Å². The predicted octanol–water partition coefficient (Wildman–Crippen LogP) is 0.523. The normalized spacial score (nSPS) is 28.4. The van der Waals surface area contributed by atoms with Crippen LogP contribution in [-0.2, 0) is 14.2 Å². The Labute approximate surface area is 137 Å². The van der Waals surface area contributed by atoms with Crippen LogP contribution in [0.4, 0.5) is 0 Å². The van der Waals surface area contributed by atoms with Gasteiger partial charge in [0.1, 0.15) is 18.3 Å². The second-order valence-corrected chi connectivity index (χ2v) is 6.12. The van der Waals surface area contributed by atoms with Gasteiger partial charge in [-0.2, -0.15) is 0 Å². The maximum absolute atomic E-state index is 10.6. The van der Waals surface area contributed by atoms with Crippen molar-refractivity contribution >= 4 is 0 Å². The Morgan fingerprint density at radius 2 is 2.26 bits per heavy atom. The van der Waals surface area contributed by atoms with Crippen LogP contribution in [-0.4, -0.2) is 67.6 Å². The van der Waals surface area contributed by atoms with Crippen LogP contribution in [0.15, 0.2) is 23.8 Å². The lowest BCUT2D eigenvalue weighted by molar-refractivity contribution is -0.153. The minimum Gasteiger partial charge on any atom is -0.394 e. The van der Waals surface area contributed by atoms with Gasteiger partial charge in [-0.1, -0.05) is 18.2 Å². The van der Waals surface area contributed by atoms with Crippen LogP contribution in [0, 0.1) is 0 Å². The lowest BCUT2D eigenvalue weighted by Gasteiger charge is -2.32. The van der Waals surface area contributed by atoms with Crippen molar-refractivity contribution in [2.45, 2.75) is 56.2 Å². The van der Waals surface area contributed by atoms with E-state index in [0.29, 0.717) is 13.2 Å². The molecule has 0 aromatic carbocycles. The zero-order valence-electron chi connectivity index (χ0n) is 13.8. The molecule has 6 heteroatoms. The van der Waals surface area contributed by atoms with Crippen molar-refractivity contribution in [3.63, 3.8) is 0 Å². The molecule has 0 spiro atoms. The van der Waals surface area contributed by atoms with Gasteiger partial charge in [-0.25, -0.2) is 0 Å². The van der Waals surface area contributed by atoms with E-state index in [4.69, 9.17) is 19.9 Å². The van der Waals surface area contributed by atoms with Gasteiger partial charge in [0.15, 0.2) is 0 Å². The summed E-state index contributed by atoms with van der Waals surface area (Å²) in [5.41, 5.74) is 6.86. The van der Waals surface area contributed by atoms with Crippen molar-refractivity contribution < 1.29 is 24.4 Å². The van der Waals surface area contributed by atoms with Gasteiger partial charge in [-0.15, -0.1) is 0 Å². The Morgan fingerprint density at radius 3 is 2.83 bits per heavy atom. The molecule has 1 aliphatic heterocycles. The van der Waals surface area contributed by atoms with Gasteiger partial charge in [-0.05, 0) is 31.3 Å². The van der Waals surface area contributed by atoms with E-state index in [1.807, 2.05) is 12.2 Å². The van der Waals surface area contributed by atoms with Gasteiger partial charge in [0.25, 0.3) is 0 Å². The van der Waals surface area contributed by atoms with Gasteiger partial charge >= 0.3 is 0 Å². The molecule has 0 aromatic heterocycles. The Kier molecular flexibility index (Phi) is 7.69. The Morgan fingerprint density at radius 1 is 1.43 bits per heavy atom. The molecule has 1 aliphatic carbocycles. The largest absolute Gasteiger partial charge is 0.394 e. The fraction of sp³-hybridized carbons (Fsp3) is 0.765. The first kappa shape index (κ1) is 18.6. The van der Waals surface area contributed by atoms with Crippen LogP contribution in [0.25, 0.3) is 0 Å². The summed E-state index contributed by atoms with van der Waals surface area (Å²) in [6, 6.07) is 0. The van der Waals surface area contributed by atoms with Crippen molar-refractivity contribution in [3.05, 3.63) is 23.8 Å². The molecule has 0 bridgehead atoms. The number of hydrogen-bond donors (Lipinski definition) is 3. The van der Waals surface area contributed by atoms with Crippen molar-refractivity contribution in [2.75, 3.05) is 26.9 Å². The fourth-order valence-electron chi connectivity index (χ4n) is 3.08. The molecule has 1 heterocycles. The van der Waals surface area contributed by atoms with Gasteiger partial charge in [-0.3, -0.25) is 0 Å². The smallest absolute Gasteiger partial charge is 0.113 e. The highest BCUT2D eigenvalue weighted by Crippen LogP contribution is 2.27. The van der Waals surface area contributed by atoms with Crippen molar-refractivity contribution in [1.29, 1.82) is 0 Å². The number of methoxy groups -OCH3 is 1. The Hall–Kier alpha value is -0.760. The van der Waals surface area contributed by atoms with Crippen LogP contribution >= 0.6 is 0 Å². The predicted molar refractivity (Wildman–Crippen MR) is 87.0 cm³/mol. The van der Waals surface area contributed by atoms with E-state index in [1.54, 1.807) is 0 Å². The minimum absolute atomic E-state index is 0.00486. The molecule has 2 rings (SSSR count). The highest BCUT2D eigenvalue weighted by Gasteiger charge is 2.39. The summed E-state index contributed by atoms with van der Waals surface area (Å²) in [6.07, 6.45) is 7.38. The van der Waals surface area contributed by atoms with E-state index < -0.39 is 18.3 Å². The van der Waals surface area contributed by atoms with Crippen LogP contribution in [0.5, 0.6) is 0 Å². The molecule has 0 amide bonds. The van der Waals surface area contributed by atoms with Gasteiger partial charge in [0.05, 0.1) is 25.4 Å². The van der Waals surface area contributed by atoms with Crippen molar-refractivity contribution in [3.8, 4) is 0 Å². The molecule has 1 fully saturated rings. The third kappa shape index (κ3) is 5.11. The SMILES string of the molecule is COC(CO)C(O)C(OCC1=CC=CCC1)C1CCC(CN)O1. The van der Waals surface area contributed by atoms with E-state index in [1.165, 1.54) is 12.7 Å². The van der Waals surface area contributed by atoms with Gasteiger partial charge in [0, 0.05) is 13.7 Å². The summed E-state index contributed by atoms with van der Waals surface area (Å²) in [7, 11) is 1.47. The fourth-order valence-corrected chi connectivity index (χ4v) is 3.08. The quantitative estimate of drug-likeness (QED) is 0.572. The monoisotopic (exact) mass is 327 g/mol. The Bertz CT molecular complexity index is 408. The number of aliphatic hydroxyl groups excluding tert-OH is 2. The lowest BCUT2D eigenvalue weighted by Crippen LogP contribution is -2.48. The minimum atomic E-state index is -0.953. The highest BCUT2D eigenvalue weighted by molar-refractivity contribution is 5.18. The number of aliphatic hydroxyl groups is 2. The first-order valence-electron chi connectivity index (χ1n) is 8.33. The van der Waals surface area contributed by atoms with E-state index in [9.17, 15) is 10.2 Å². The van der Waals surface area contributed by atoms with E-state index in [0.717, 1.165) is 25.7 Å². The first-order chi connectivity index (χ1) is 11.2. The maximum atomic E-state index is 10.6. The van der Waals surface area contributed by atoms with E-state index in [2.05, 4.69) is 6.08 Å². The van der Waals surface area contributed by atoms with Crippen molar-refractivity contribution in [1.82, 2.24) is 0 Å². The second-order valence-electron chi connectivity index (χ2n) is 6.12. The molecular weight excluding hydrogens is 298 g/mol. The summed E-state index contributed by atoms with van der Waals surface area (Å²) in [4.78, 5) is 0. The zero-order chi connectivity index (χ0) is 16.7. The summed E-state index contributed by atoms with van der Waals surface area (Å²) in [6.45, 7) is 0.639. The third-order valence-corrected chi connectivity index (χ3v) is 4.53. The standard InChI is InChI=1S/C17H29NO5/c1-21-15(10-19)16(20)17(14-8-7-13(9-18)23-14)22-11-12-5-3-2-4-6-12/h2-3,5,13-17,19-20H,4,6-11,18H2,1H3. The molecular formula is C17H29NO5. The number of rotatable bonds is 9. The van der Waals surface area contributed by atoms with Crippen molar-refractivity contribution in [2.24, 2.45) is 5.73 Å². The summed E-state index contributed by atoms with van der Waals surface area (Å²) >= 11 is 0. The number of ether oxygens (including phenoxy) is 3. The Balaban J connectivity index is 2.01. The van der Waals surface area contributed by atoms with Crippen LogP contribution in [0.3, 0.4) is 0 Å². The molecule has 5 unspecified atom stereocenters. The summed E-state index contributed by atoms with van der Waals surface area (Å²) < 4.78 is 17.0. The molecule has 4 N–H and O–H groups in total. The summed E-state index contributed by atoms with van der Waals surface area (Å²) in [5.74, 6) is 0. The topological polar surface area (TPSA) is 94.2 Å². The molecule has 0 saturated carbocycles. The number of hydrogen-bond acceptors (Lipinski definition) is 6. The lowest BCUT2D eigenvalue weighted by atomic mass is 10.00. The molecule has 23 heavy (non-hydrogen) atoms. The molecule has 0 aromatic rings.